The molecule has 0 aliphatic carbocycles. The molecule has 206 valence electrons. The van der Waals surface area contributed by atoms with E-state index >= 15 is 0 Å². The molecule has 38 heavy (non-hydrogen) atoms. The zero-order valence-corrected chi connectivity index (χ0v) is 20.3. The number of benzene rings is 2. The molecule has 0 spiro atoms. The number of alkyl halides is 6. The summed E-state index contributed by atoms with van der Waals surface area (Å²) < 4.78 is 100. The minimum atomic E-state index is -5.08. The van der Waals surface area contributed by atoms with Gasteiger partial charge in [0.25, 0.3) is 0 Å². The van der Waals surface area contributed by atoms with Crippen LogP contribution in [0.3, 0.4) is 0 Å². The average Bonchev–Trinajstić information content (AvgIpc) is 2.81. The van der Waals surface area contributed by atoms with E-state index < -0.39 is 34.3 Å². The Kier molecular flexibility index (Phi) is 9.71. The van der Waals surface area contributed by atoms with Gasteiger partial charge in [0, 0.05) is 16.8 Å². The molecule has 0 saturated heterocycles. The van der Waals surface area contributed by atoms with Crippen LogP contribution in [0.2, 0.25) is 5.02 Å². The van der Waals surface area contributed by atoms with Crippen LogP contribution < -0.4 is 20.1 Å². The molecule has 0 atom stereocenters. The van der Waals surface area contributed by atoms with Crippen LogP contribution in [0.5, 0.6) is 5.75 Å². The first-order valence-electron chi connectivity index (χ1n) is 9.75. The van der Waals surface area contributed by atoms with Gasteiger partial charge in [-0.3, -0.25) is 0 Å². The maximum Gasteiger partial charge on any atom is 0.573 e. The van der Waals surface area contributed by atoms with Gasteiger partial charge in [-0.25, -0.2) is 27.9 Å². The number of hydrogen-bond donors (Lipinski definition) is 4. The van der Waals surface area contributed by atoms with Crippen LogP contribution in [0.25, 0.3) is 0 Å². The Balaban J connectivity index is 0.000000638. The van der Waals surface area contributed by atoms with Gasteiger partial charge < -0.3 is 20.5 Å². The Bertz CT molecular complexity index is 1370. The van der Waals surface area contributed by atoms with Crippen LogP contribution in [-0.2, 0) is 14.8 Å². The molecule has 0 fully saturated rings. The van der Waals surface area contributed by atoms with E-state index in [2.05, 4.69) is 30.1 Å². The standard InChI is InChI=1S/C18H15ClF3N5O3S.C2HF3O2/c1-23-31(28,29)13-6-7-15(30-18(20,21)22)14(8-13)27-17-9-16(24-10-25-17)26-12-4-2-11(19)3-5-12;3-2(4,5)1(6)7/h2-10,23H,1H3,(H2,24,25,26,27);(H,6,7). The van der Waals surface area contributed by atoms with Crippen LogP contribution in [0, 0.1) is 0 Å². The molecular formula is C20H16ClF6N5O5S. The van der Waals surface area contributed by atoms with Gasteiger partial charge in [-0.05, 0) is 49.5 Å². The highest BCUT2D eigenvalue weighted by molar-refractivity contribution is 7.89. The fourth-order valence-electron chi connectivity index (χ4n) is 2.42. The number of nitrogens with one attached hydrogen (secondary N) is 3. The molecule has 10 nitrogen and oxygen atoms in total. The van der Waals surface area contributed by atoms with E-state index in [0.29, 0.717) is 16.5 Å². The predicted molar refractivity (Wildman–Crippen MR) is 123 cm³/mol. The van der Waals surface area contributed by atoms with Crippen LogP contribution >= 0.6 is 11.6 Å². The number of carboxylic acids is 1. The first-order valence-corrected chi connectivity index (χ1v) is 11.6. The van der Waals surface area contributed by atoms with Crippen molar-refractivity contribution in [2.45, 2.75) is 17.4 Å². The van der Waals surface area contributed by atoms with Crippen molar-refractivity contribution >= 4 is 50.6 Å². The quantitative estimate of drug-likeness (QED) is 0.279. The molecule has 0 amide bonds. The molecule has 1 heterocycles. The van der Waals surface area contributed by atoms with Crippen molar-refractivity contribution in [3.63, 3.8) is 0 Å². The summed E-state index contributed by atoms with van der Waals surface area (Å²) in [7, 11) is -2.73. The normalized spacial score (nSPS) is 11.7. The number of halogens is 7. The molecule has 0 bridgehead atoms. The molecule has 0 aliphatic heterocycles. The van der Waals surface area contributed by atoms with Gasteiger partial charge in [-0.15, -0.1) is 13.2 Å². The number of hydrogen-bond acceptors (Lipinski definition) is 8. The summed E-state index contributed by atoms with van der Waals surface area (Å²) >= 11 is 5.84. The van der Waals surface area contributed by atoms with E-state index in [1.807, 2.05) is 0 Å². The fourth-order valence-corrected chi connectivity index (χ4v) is 3.30. The lowest BCUT2D eigenvalue weighted by atomic mass is 10.3. The van der Waals surface area contributed by atoms with E-state index in [9.17, 15) is 34.8 Å². The van der Waals surface area contributed by atoms with Crippen molar-refractivity contribution < 1.29 is 49.4 Å². The molecule has 0 aliphatic rings. The van der Waals surface area contributed by atoms with Gasteiger partial charge in [0.2, 0.25) is 10.0 Å². The summed E-state index contributed by atoms with van der Waals surface area (Å²) in [6.07, 6.45) is -8.88. The Morgan fingerprint density at radius 2 is 1.50 bits per heavy atom. The molecular weight excluding hydrogens is 572 g/mol. The molecule has 0 saturated carbocycles. The van der Waals surface area contributed by atoms with Gasteiger partial charge in [0.15, 0.2) is 5.75 Å². The third kappa shape index (κ3) is 9.56. The van der Waals surface area contributed by atoms with E-state index in [-0.39, 0.29) is 16.4 Å². The maximum absolute atomic E-state index is 12.8. The lowest BCUT2D eigenvalue weighted by Crippen LogP contribution is -2.21. The summed E-state index contributed by atoms with van der Waals surface area (Å²) in [5.41, 5.74) is 0.405. The topological polar surface area (TPSA) is 143 Å². The van der Waals surface area contributed by atoms with Crippen molar-refractivity contribution in [3.05, 3.63) is 59.9 Å². The molecule has 4 N–H and O–H groups in total. The average molecular weight is 588 g/mol. The highest BCUT2D eigenvalue weighted by Gasteiger charge is 2.38. The van der Waals surface area contributed by atoms with E-state index in [0.717, 1.165) is 18.2 Å². The predicted octanol–water partition coefficient (Wildman–Crippen LogP) is 5.06. The lowest BCUT2D eigenvalue weighted by molar-refractivity contribution is -0.274. The summed E-state index contributed by atoms with van der Waals surface area (Å²) in [6.45, 7) is 0. The summed E-state index contributed by atoms with van der Waals surface area (Å²) in [5.74, 6) is -2.96. The molecule has 18 heteroatoms. The Morgan fingerprint density at radius 3 is 2.00 bits per heavy atom. The zero-order chi connectivity index (χ0) is 28.7. The van der Waals surface area contributed by atoms with Crippen LogP contribution in [0.4, 0.5) is 49.4 Å². The van der Waals surface area contributed by atoms with Crippen molar-refractivity contribution in [1.82, 2.24) is 14.7 Å². The highest BCUT2D eigenvalue weighted by atomic mass is 35.5. The van der Waals surface area contributed by atoms with Crippen molar-refractivity contribution in [3.8, 4) is 5.75 Å². The smallest absolute Gasteiger partial charge is 0.475 e. The third-order valence-electron chi connectivity index (χ3n) is 4.04. The number of ether oxygens (including phenoxy) is 1. The highest BCUT2D eigenvalue weighted by Crippen LogP contribution is 2.34. The zero-order valence-electron chi connectivity index (χ0n) is 18.7. The second kappa shape index (κ2) is 12.1. The fraction of sp³-hybridized carbons (Fsp3) is 0.150. The number of sulfonamides is 1. The summed E-state index contributed by atoms with van der Waals surface area (Å²) in [4.78, 5) is 16.6. The Morgan fingerprint density at radius 1 is 0.947 bits per heavy atom. The number of aliphatic carboxylic acids is 1. The van der Waals surface area contributed by atoms with Gasteiger partial charge in [0.1, 0.15) is 18.0 Å². The van der Waals surface area contributed by atoms with Gasteiger partial charge in [0.05, 0.1) is 10.6 Å². The van der Waals surface area contributed by atoms with Crippen LogP contribution in [-0.4, -0.2) is 49.0 Å². The SMILES string of the molecule is CNS(=O)(=O)c1ccc(OC(F)(F)F)c(Nc2cc(Nc3ccc(Cl)cc3)ncn2)c1.O=C(O)C(F)(F)F. The molecule has 3 aromatic rings. The molecule has 3 rings (SSSR count). The number of rotatable bonds is 7. The van der Waals surface area contributed by atoms with Crippen LogP contribution in [0.15, 0.2) is 59.8 Å². The first-order chi connectivity index (χ1) is 17.5. The molecule has 0 radical (unpaired) electrons. The molecule has 1 aromatic heterocycles. The van der Waals surface area contributed by atoms with Crippen molar-refractivity contribution in [2.75, 3.05) is 17.7 Å². The largest absolute Gasteiger partial charge is 0.573 e. The van der Waals surface area contributed by atoms with Gasteiger partial charge in [-0.1, -0.05) is 11.6 Å². The monoisotopic (exact) mass is 587 g/mol. The van der Waals surface area contributed by atoms with Crippen LogP contribution in [0.1, 0.15) is 0 Å². The Hall–Kier alpha value is -3.83. The number of carboxylic acid groups (broad SMARTS) is 1. The number of anilines is 4. The third-order valence-corrected chi connectivity index (χ3v) is 5.71. The molecule has 2 aromatic carbocycles. The van der Waals surface area contributed by atoms with Crippen molar-refractivity contribution in [1.29, 1.82) is 0 Å². The molecule has 0 unspecified atom stereocenters. The number of carbonyl (C=O) groups is 1. The lowest BCUT2D eigenvalue weighted by Gasteiger charge is -2.16. The second-order valence-electron chi connectivity index (χ2n) is 6.76. The van der Waals surface area contributed by atoms with E-state index in [1.54, 1.807) is 24.3 Å². The summed E-state index contributed by atoms with van der Waals surface area (Å²) in [5, 5.41) is 13.3. The van der Waals surface area contributed by atoms with Gasteiger partial charge >= 0.3 is 18.5 Å². The van der Waals surface area contributed by atoms with Gasteiger partial charge in [-0.2, -0.15) is 13.2 Å². The van der Waals surface area contributed by atoms with E-state index in [4.69, 9.17) is 21.5 Å². The first kappa shape index (κ1) is 30.4. The minimum Gasteiger partial charge on any atom is -0.475 e. The Labute approximate surface area is 215 Å². The number of aromatic nitrogens is 2. The second-order valence-corrected chi connectivity index (χ2v) is 9.08. The number of nitrogens with zero attached hydrogens (tertiary/aromatic N) is 2. The summed E-state index contributed by atoms with van der Waals surface area (Å²) in [6, 6.07) is 11.1. The minimum absolute atomic E-state index is 0.0949. The van der Waals surface area contributed by atoms with E-state index in [1.165, 1.54) is 19.4 Å². The van der Waals surface area contributed by atoms with Crippen molar-refractivity contribution in [2.24, 2.45) is 0 Å². The maximum atomic E-state index is 12.8.